The van der Waals surface area contributed by atoms with Crippen molar-refractivity contribution in [1.29, 1.82) is 0 Å². The quantitative estimate of drug-likeness (QED) is 0.641. The van der Waals surface area contributed by atoms with Gasteiger partial charge in [0.2, 0.25) is 0 Å². The Bertz CT molecular complexity index is 417. The molecule has 0 saturated carbocycles. The second kappa shape index (κ2) is 6.71. The van der Waals surface area contributed by atoms with E-state index >= 15 is 0 Å². The summed E-state index contributed by atoms with van der Waals surface area (Å²) < 4.78 is 27.0. The molecule has 0 saturated heterocycles. The van der Waals surface area contributed by atoms with E-state index in [9.17, 15) is 4.57 Å². The monoisotopic (exact) mass is 294 g/mol. The normalized spacial score (nSPS) is 11.5. The van der Waals surface area contributed by atoms with Crippen LogP contribution in [0.3, 0.4) is 0 Å². The number of hydrogen-bond acceptors (Lipinski definition) is 6. The lowest BCUT2D eigenvalue weighted by Gasteiger charge is -2.15. The molecule has 0 fully saturated rings. The van der Waals surface area contributed by atoms with Crippen LogP contribution in [0.4, 0.5) is 0 Å². The smallest absolute Gasteiger partial charge is 0.393 e. The molecule has 0 heterocycles. The molecule has 96 valence electrons. The standard InChI is InChI=1S/C10H15O4PS2/c1-12-9-5-4-8(7-16)6-10(9)17-15(11,13-2)14-3/h4-6,16H,7H2,1-3H3. The molecule has 0 radical (unpaired) electrons. The Morgan fingerprint density at radius 1 is 1.29 bits per heavy atom. The van der Waals surface area contributed by atoms with Gasteiger partial charge in [0.05, 0.1) is 12.0 Å². The molecule has 0 unspecified atom stereocenters. The summed E-state index contributed by atoms with van der Waals surface area (Å²) in [6.07, 6.45) is 0. The van der Waals surface area contributed by atoms with Crippen molar-refractivity contribution >= 4 is 30.8 Å². The number of ether oxygens (including phenoxy) is 1. The van der Waals surface area contributed by atoms with E-state index in [1.165, 1.54) is 14.2 Å². The maximum atomic E-state index is 12.0. The molecule has 0 N–H and O–H groups in total. The number of thiol groups is 1. The van der Waals surface area contributed by atoms with E-state index in [0.29, 0.717) is 16.4 Å². The van der Waals surface area contributed by atoms with E-state index in [4.69, 9.17) is 13.8 Å². The first-order valence-corrected chi connectivity index (χ1v) is 8.37. The van der Waals surface area contributed by atoms with Gasteiger partial charge in [-0.2, -0.15) is 12.6 Å². The van der Waals surface area contributed by atoms with Gasteiger partial charge in [0.1, 0.15) is 5.75 Å². The molecule has 0 aliphatic rings. The summed E-state index contributed by atoms with van der Waals surface area (Å²) in [5.74, 6) is 1.23. The molecule has 0 aliphatic heterocycles. The first kappa shape index (κ1) is 14.9. The molecule has 0 amide bonds. The SMILES string of the molecule is COc1ccc(CS)cc1SP(=O)(OC)OC. The molecular weight excluding hydrogens is 279 g/mol. The first-order valence-electron chi connectivity index (χ1n) is 4.77. The molecule has 4 nitrogen and oxygen atoms in total. The largest absolute Gasteiger partial charge is 0.496 e. The van der Waals surface area contributed by atoms with E-state index in [-0.39, 0.29) is 0 Å². The highest BCUT2D eigenvalue weighted by Crippen LogP contribution is 2.63. The molecule has 0 aromatic heterocycles. The predicted octanol–water partition coefficient (Wildman–Crippen LogP) is 3.62. The van der Waals surface area contributed by atoms with Crippen LogP contribution in [0.25, 0.3) is 0 Å². The summed E-state index contributed by atoms with van der Waals surface area (Å²) in [5, 5.41) is 0. The summed E-state index contributed by atoms with van der Waals surface area (Å²) >= 11 is 5.22. The average molecular weight is 294 g/mol. The van der Waals surface area contributed by atoms with Crippen LogP contribution in [0, 0.1) is 0 Å². The number of methoxy groups -OCH3 is 1. The molecule has 1 rings (SSSR count). The van der Waals surface area contributed by atoms with Crippen LogP contribution in [-0.4, -0.2) is 21.3 Å². The minimum absolute atomic E-state index is 0.599. The van der Waals surface area contributed by atoms with Crippen molar-refractivity contribution in [2.45, 2.75) is 10.6 Å². The molecular formula is C10H15O4PS2. The van der Waals surface area contributed by atoms with Crippen molar-refractivity contribution < 1.29 is 18.3 Å². The second-order valence-electron chi connectivity index (χ2n) is 3.05. The molecule has 0 aliphatic carbocycles. The van der Waals surface area contributed by atoms with Crippen LogP contribution >= 0.6 is 30.8 Å². The van der Waals surface area contributed by atoms with Gasteiger partial charge < -0.3 is 13.8 Å². The van der Waals surface area contributed by atoms with Gasteiger partial charge in [-0.1, -0.05) is 6.07 Å². The summed E-state index contributed by atoms with van der Waals surface area (Å²) in [4.78, 5) is 0.714. The zero-order chi connectivity index (χ0) is 12.9. The fraction of sp³-hybridized carbons (Fsp3) is 0.400. The molecule has 17 heavy (non-hydrogen) atoms. The lowest BCUT2D eigenvalue weighted by molar-refractivity contribution is 0.295. The van der Waals surface area contributed by atoms with Crippen molar-refractivity contribution in [2.75, 3.05) is 21.3 Å². The highest BCUT2D eigenvalue weighted by atomic mass is 32.7. The Morgan fingerprint density at radius 2 is 1.94 bits per heavy atom. The summed E-state index contributed by atoms with van der Waals surface area (Å²) in [7, 11) is 4.27. The van der Waals surface area contributed by atoms with E-state index in [0.717, 1.165) is 16.9 Å². The molecule has 0 bridgehead atoms. The number of hydrogen-bond donors (Lipinski definition) is 1. The zero-order valence-corrected chi connectivity index (χ0v) is 12.5. The van der Waals surface area contributed by atoms with Gasteiger partial charge in [-0.05, 0) is 29.1 Å². The van der Waals surface area contributed by atoms with Crippen LogP contribution in [-0.2, 0) is 19.4 Å². The lowest BCUT2D eigenvalue weighted by Crippen LogP contribution is -1.90. The highest BCUT2D eigenvalue weighted by molar-refractivity contribution is 8.55. The van der Waals surface area contributed by atoms with Crippen molar-refractivity contribution in [3.8, 4) is 5.75 Å². The van der Waals surface area contributed by atoms with Crippen molar-refractivity contribution in [1.82, 2.24) is 0 Å². The van der Waals surface area contributed by atoms with Crippen LogP contribution < -0.4 is 4.74 Å². The molecule has 1 aromatic carbocycles. The predicted molar refractivity (Wildman–Crippen MR) is 73.2 cm³/mol. The van der Waals surface area contributed by atoms with Gasteiger partial charge in [-0.25, -0.2) is 4.57 Å². The lowest BCUT2D eigenvalue weighted by atomic mass is 10.2. The van der Waals surface area contributed by atoms with E-state index in [1.807, 2.05) is 18.2 Å². The second-order valence-corrected chi connectivity index (χ2v) is 7.50. The fourth-order valence-electron chi connectivity index (χ4n) is 1.16. The van der Waals surface area contributed by atoms with Crippen molar-refractivity contribution in [2.24, 2.45) is 0 Å². The van der Waals surface area contributed by atoms with Crippen LogP contribution in [0.1, 0.15) is 5.56 Å². The van der Waals surface area contributed by atoms with Crippen LogP contribution in [0.5, 0.6) is 5.75 Å². The fourth-order valence-corrected chi connectivity index (χ4v) is 3.94. The zero-order valence-electron chi connectivity index (χ0n) is 9.87. The third-order valence-electron chi connectivity index (χ3n) is 2.07. The summed E-state index contributed by atoms with van der Waals surface area (Å²) in [6, 6.07) is 5.57. The van der Waals surface area contributed by atoms with Crippen molar-refractivity contribution in [3.05, 3.63) is 23.8 Å². The van der Waals surface area contributed by atoms with Gasteiger partial charge in [0.25, 0.3) is 0 Å². The maximum Gasteiger partial charge on any atom is 0.393 e. The molecule has 0 spiro atoms. The number of benzene rings is 1. The Kier molecular flexibility index (Phi) is 5.89. The van der Waals surface area contributed by atoms with Gasteiger partial charge in [0, 0.05) is 20.0 Å². The maximum absolute atomic E-state index is 12.0. The van der Waals surface area contributed by atoms with Gasteiger partial charge in [-0.15, -0.1) is 0 Å². The topological polar surface area (TPSA) is 44.8 Å². The highest BCUT2D eigenvalue weighted by Gasteiger charge is 2.25. The third kappa shape index (κ3) is 3.93. The summed E-state index contributed by atoms with van der Waals surface area (Å²) in [5.41, 5.74) is 1.01. The third-order valence-corrected chi connectivity index (χ3v) is 6.22. The minimum atomic E-state index is -3.16. The first-order chi connectivity index (χ1) is 8.08. The van der Waals surface area contributed by atoms with E-state index in [2.05, 4.69) is 12.6 Å². The number of rotatable bonds is 6. The van der Waals surface area contributed by atoms with Gasteiger partial charge in [-0.3, -0.25) is 0 Å². The minimum Gasteiger partial charge on any atom is -0.496 e. The Hall–Kier alpha value is -0.130. The summed E-state index contributed by atoms with van der Waals surface area (Å²) in [6.45, 7) is -3.16. The molecule has 0 atom stereocenters. The van der Waals surface area contributed by atoms with Crippen molar-refractivity contribution in [3.63, 3.8) is 0 Å². The molecule has 7 heteroatoms. The van der Waals surface area contributed by atoms with Gasteiger partial charge in [0.15, 0.2) is 0 Å². The van der Waals surface area contributed by atoms with Gasteiger partial charge >= 0.3 is 6.80 Å². The molecule has 1 aromatic rings. The Labute approximate surface area is 111 Å². The van der Waals surface area contributed by atoms with E-state index in [1.54, 1.807) is 7.11 Å². The van der Waals surface area contributed by atoms with Crippen LogP contribution in [0.15, 0.2) is 23.1 Å². The Balaban J connectivity index is 3.06. The average Bonchev–Trinajstić information content (AvgIpc) is 2.38. The van der Waals surface area contributed by atoms with Crippen LogP contribution in [0.2, 0.25) is 0 Å². The van der Waals surface area contributed by atoms with E-state index < -0.39 is 6.80 Å². The Morgan fingerprint density at radius 3 is 2.41 bits per heavy atom.